The van der Waals surface area contributed by atoms with Crippen molar-refractivity contribution in [3.63, 3.8) is 0 Å². The van der Waals surface area contributed by atoms with Gasteiger partial charge in [-0.2, -0.15) is 0 Å². The van der Waals surface area contributed by atoms with Crippen LogP contribution < -0.4 is 10.6 Å². The minimum Gasteiger partial charge on any atom is -0.357 e. The van der Waals surface area contributed by atoms with Crippen molar-refractivity contribution in [1.29, 1.82) is 0 Å². The fourth-order valence-corrected chi connectivity index (χ4v) is 3.36. The first-order valence-electron chi connectivity index (χ1n) is 10.1. The summed E-state index contributed by atoms with van der Waals surface area (Å²) in [5.74, 6) is 1.08. The molecule has 156 valence electrons. The molecule has 0 atom stereocenters. The van der Waals surface area contributed by atoms with Crippen molar-refractivity contribution in [2.45, 2.75) is 46.3 Å². The van der Waals surface area contributed by atoms with Gasteiger partial charge in [0.2, 0.25) is 5.91 Å². The van der Waals surface area contributed by atoms with Gasteiger partial charge in [0.15, 0.2) is 5.96 Å². The van der Waals surface area contributed by atoms with Crippen LogP contribution in [0.15, 0.2) is 53.5 Å². The van der Waals surface area contributed by atoms with Crippen LogP contribution in [0.4, 0.5) is 0 Å². The molecule has 2 aromatic carbocycles. The molecule has 1 heterocycles. The number of hydrogen-bond donors (Lipinski definition) is 2. The lowest BCUT2D eigenvalue weighted by molar-refractivity contribution is -0.128. The number of hydrogen-bond acceptors (Lipinski definition) is 2. The van der Waals surface area contributed by atoms with Gasteiger partial charge in [0.05, 0.1) is 6.54 Å². The Morgan fingerprint density at radius 1 is 1.07 bits per heavy atom. The average Bonchev–Trinajstić information content (AvgIpc) is 3.10. The van der Waals surface area contributed by atoms with Crippen LogP contribution in [-0.4, -0.2) is 29.9 Å². The van der Waals surface area contributed by atoms with Gasteiger partial charge in [0, 0.05) is 32.6 Å². The van der Waals surface area contributed by atoms with E-state index in [4.69, 9.17) is 0 Å². The number of rotatable bonds is 7. The van der Waals surface area contributed by atoms with Crippen LogP contribution in [0.5, 0.6) is 0 Å². The molecule has 0 bridgehead atoms. The first kappa shape index (κ1) is 23.2. The van der Waals surface area contributed by atoms with E-state index >= 15 is 0 Å². The van der Waals surface area contributed by atoms with Crippen molar-refractivity contribution in [1.82, 2.24) is 15.5 Å². The number of carbonyl (C=O) groups is 1. The van der Waals surface area contributed by atoms with Gasteiger partial charge in [-0.25, -0.2) is 4.99 Å². The summed E-state index contributed by atoms with van der Waals surface area (Å²) in [7, 11) is 0. The molecular weight excluding hydrogens is 475 g/mol. The highest BCUT2D eigenvalue weighted by Gasteiger charge is 2.19. The Labute approximate surface area is 191 Å². The van der Waals surface area contributed by atoms with Crippen molar-refractivity contribution in [2.24, 2.45) is 4.99 Å². The molecule has 0 radical (unpaired) electrons. The van der Waals surface area contributed by atoms with Crippen molar-refractivity contribution < 1.29 is 4.79 Å². The summed E-state index contributed by atoms with van der Waals surface area (Å²) in [5.41, 5.74) is 4.83. The summed E-state index contributed by atoms with van der Waals surface area (Å²) < 4.78 is 0. The van der Waals surface area contributed by atoms with E-state index in [0.29, 0.717) is 26.1 Å². The van der Waals surface area contributed by atoms with Gasteiger partial charge >= 0.3 is 0 Å². The lowest BCUT2D eigenvalue weighted by Crippen LogP contribution is -2.36. The van der Waals surface area contributed by atoms with Crippen LogP contribution in [0.2, 0.25) is 0 Å². The monoisotopic (exact) mass is 506 g/mol. The SMILES string of the molecule is CCNC(=NCc1cccc(C)c1)NCc1ccc(CN2CCCC2=O)cc1.I. The summed E-state index contributed by atoms with van der Waals surface area (Å²) >= 11 is 0. The van der Waals surface area contributed by atoms with Crippen molar-refractivity contribution in [2.75, 3.05) is 13.1 Å². The van der Waals surface area contributed by atoms with Crippen LogP contribution in [0.1, 0.15) is 42.0 Å². The number of carbonyl (C=O) groups excluding carboxylic acids is 1. The number of benzene rings is 2. The van der Waals surface area contributed by atoms with Gasteiger partial charge in [-0.3, -0.25) is 4.79 Å². The molecule has 3 rings (SSSR count). The second kappa shape index (κ2) is 11.8. The Hall–Kier alpha value is -2.09. The van der Waals surface area contributed by atoms with E-state index in [-0.39, 0.29) is 29.9 Å². The van der Waals surface area contributed by atoms with Crippen molar-refractivity contribution in [3.8, 4) is 0 Å². The molecule has 6 heteroatoms. The van der Waals surface area contributed by atoms with E-state index in [1.165, 1.54) is 22.3 Å². The molecule has 0 aromatic heterocycles. The molecule has 1 aliphatic rings. The molecule has 0 spiro atoms. The second-order valence-corrected chi connectivity index (χ2v) is 7.27. The number of likely N-dealkylation sites (tertiary alicyclic amines) is 1. The number of nitrogens with zero attached hydrogens (tertiary/aromatic N) is 2. The minimum absolute atomic E-state index is 0. The van der Waals surface area contributed by atoms with Crippen LogP contribution in [-0.2, 0) is 24.4 Å². The van der Waals surface area contributed by atoms with Gasteiger partial charge < -0.3 is 15.5 Å². The third kappa shape index (κ3) is 7.34. The number of aliphatic imine (C=N–C) groups is 1. The summed E-state index contributed by atoms with van der Waals surface area (Å²) in [6.07, 6.45) is 1.67. The molecular formula is C23H31IN4O. The summed E-state index contributed by atoms with van der Waals surface area (Å²) in [6.45, 7) is 7.95. The van der Waals surface area contributed by atoms with Crippen molar-refractivity contribution >= 4 is 35.8 Å². The van der Waals surface area contributed by atoms with Gasteiger partial charge in [0.1, 0.15) is 0 Å². The van der Waals surface area contributed by atoms with Gasteiger partial charge in [-0.15, -0.1) is 24.0 Å². The molecule has 0 saturated carbocycles. The zero-order valence-electron chi connectivity index (χ0n) is 17.3. The summed E-state index contributed by atoms with van der Waals surface area (Å²) in [4.78, 5) is 18.4. The lowest BCUT2D eigenvalue weighted by Gasteiger charge is -2.16. The molecule has 1 fully saturated rings. The average molecular weight is 506 g/mol. The fraction of sp³-hybridized carbons (Fsp3) is 0.391. The van der Waals surface area contributed by atoms with E-state index in [2.05, 4.69) is 78.0 Å². The first-order chi connectivity index (χ1) is 13.6. The van der Waals surface area contributed by atoms with Gasteiger partial charge in [0.25, 0.3) is 0 Å². The molecule has 29 heavy (non-hydrogen) atoms. The quantitative estimate of drug-likeness (QED) is 0.339. The van der Waals surface area contributed by atoms with E-state index in [1.54, 1.807) is 0 Å². The topological polar surface area (TPSA) is 56.7 Å². The largest absolute Gasteiger partial charge is 0.357 e. The standard InChI is InChI=1S/C23H30N4O.HI/c1-3-24-23(26-16-21-7-4-6-18(2)14-21)25-15-19-9-11-20(12-10-19)17-27-13-5-8-22(27)28;/h4,6-7,9-12,14H,3,5,8,13,15-17H2,1-2H3,(H2,24,25,26);1H. The Morgan fingerprint density at radius 2 is 1.83 bits per heavy atom. The Bertz CT molecular complexity index is 820. The van der Waals surface area contributed by atoms with E-state index in [9.17, 15) is 4.79 Å². The normalized spacial score (nSPS) is 13.9. The highest BCUT2D eigenvalue weighted by molar-refractivity contribution is 14.0. The highest BCUT2D eigenvalue weighted by atomic mass is 127. The number of guanidine groups is 1. The third-order valence-electron chi connectivity index (χ3n) is 4.87. The van der Waals surface area contributed by atoms with Crippen LogP contribution in [0.3, 0.4) is 0 Å². The second-order valence-electron chi connectivity index (χ2n) is 7.27. The van der Waals surface area contributed by atoms with Crippen LogP contribution in [0, 0.1) is 6.92 Å². The maximum atomic E-state index is 11.8. The molecule has 0 unspecified atom stereocenters. The maximum Gasteiger partial charge on any atom is 0.222 e. The fourth-order valence-electron chi connectivity index (χ4n) is 3.36. The molecule has 2 N–H and O–H groups in total. The Morgan fingerprint density at radius 3 is 2.48 bits per heavy atom. The molecule has 0 aliphatic carbocycles. The van der Waals surface area contributed by atoms with Crippen LogP contribution in [0.25, 0.3) is 0 Å². The van der Waals surface area contributed by atoms with Crippen molar-refractivity contribution in [3.05, 3.63) is 70.8 Å². The zero-order valence-corrected chi connectivity index (χ0v) is 19.6. The summed E-state index contributed by atoms with van der Waals surface area (Å²) in [6, 6.07) is 16.9. The Balaban J connectivity index is 0.00000300. The van der Waals surface area contributed by atoms with E-state index in [0.717, 1.165) is 25.5 Å². The molecule has 1 amide bonds. The highest BCUT2D eigenvalue weighted by Crippen LogP contribution is 2.14. The van der Waals surface area contributed by atoms with Crippen LogP contribution >= 0.6 is 24.0 Å². The van der Waals surface area contributed by atoms with Gasteiger partial charge in [-0.05, 0) is 37.0 Å². The molecule has 1 aliphatic heterocycles. The van der Waals surface area contributed by atoms with E-state index in [1.807, 2.05) is 4.90 Å². The predicted molar refractivity (Wildman–Crippen MR) is 129 cm³/mol. The smallest absolute Gasteiger partial charge is 0.222 e. The first-order valence-corrected chi connectivity index (χ1v) is 10.1. The predicted octanol–water partition coefficient (Wildman–Crippen LogP) is 3.99. The third-order valence-corrected chi connectivity index (χ3v) is 4.87. The minimum atomic E-state index is 0. The summed E-state index contributed by atoms with van der Waals surface area (Å²) in [5, 5.41) is 6.69. The maximum absolute atomic E-state index is 11.8. The zero-order chi connectivity index (χ0) is 19.8. The Kier molecular flexibility index (Phi) is 9.44. The van der Waals surface area contributed by atoms with Gasteiger partial charge in [-0.1, -0.05) is 54.1 Å². The number of aryl methyl sites for hydroxylation is 1. The number of nitrogens with one attached hydrogen (secondary N) is 2. The number of amides is 1. The molecule has 2 aromatic rings. The number of halogens is 1. The lowest BCUT2D eigenvalue weighted by atomic mass is 10.1. The molecule has 5 nitrogen and oxygen atoms in total. The van der Waals surface area contributed by atoms with E-state index < -0.39 is 0 Å². The molecule has 1 saturated heterocycles.